The minimum Gasteiger partial charge on any atom is -0.476 e. The summed E-state index contributed by atoms with van der Waals surface area (Å²) in [6, 6.07) is 3.71. The van der Waals surface area contributed by atoms with Crippen LogP contribution in [0.1, 0.15) is 40.5 Å². The largest absolute Gasteiger partial charge is 0.476 e. The van der Waals surface area contributed by atoms with Crippen LogP contribution in [0.15, 0.2) is 28.9 Å². The smallest absolute Gasteiger partial charge is 0.267 e. The van der Waals surface area contributed by atoms with Crippen LogP contribution in [-0.4, -0.2) is 34.7 Å². The molecule has 0 saturated carbocycles. The predicted octanol–water partition coefficient (Wildman–Crippen LogP) is 4.78. The number of nitrogens with one attached hydrogen (secondary N) is 1. The first kappa shape index (κ1) is 21.6. The number of amides is 2. The Hall–Kier alpha value is -1.73. The summed E-state index contributed by atoms with van der Waals surface area (Å²) in [5, 5.41) is 2.82. The Balaban J connectivity index is 2.18. The molecule has 1 aromatic rings. The Morgan fingerprint density at radius 2 is 2.15 bits per heavy atom. The average Bonchev–Trinajstić information content (AvgIpc) is 2.60. The number of unbranched alkanes of at least 4 members (excludes halogenated alkanes) is 1. The summed E-state index contributed by atoms with van der Waals surface area (Å²) in [7, 11) is 0. The van der Waals surface area contributed by atoms with Crippen molar-refractivity contribution < 1.29 is 18.7 Å². The fraction of sp³-hybridized carbons (Fsp3) is 0.474. The number of carbonyl (C=O) groups is 2. The molecule has 0 bridgehead atoms. The summed E-state index contributed by atoms with van der Waals surface area (Å²) < 4.78 is 19.1. The highest BCUT2D eigenvalue weighted by Gasteiger charge is 2.42. The minimum atomic E-state index is -1.22. The molecule has 2 amide bonds. The molecule has 1 aliphatic rings. The quantitative estimate of drug-likeness (QED) is 0.652. The van der Waals surface area contributed by atoms with E-state index in [9.17, 15) is 14.0 Å². The molecule has 1 aliphatic heterocycles. The van der Waals surface area contributed by atoms with Gasteiger partial charge in [-0.1, -0.05) is 24.9 Å². The number of hydrogen-bond donors (Lipinski definition) is 1. The molecular formula is C19H24ClFN2O3S. The van der Waals surface area contributed by atoms with Gasteiger partial charge in [0.25, 0.3) is 5.91 Å². The molecule has 27 heavy (non-hydrogen) atoms. The zero-order valence-corrected chi connectivity index (χ0v) is 17.5. The van der Waals surface area contributed by atoms with Crippen LogP contribution in [0.5, 0.6) is 0 Å². The van der Waals surface area contributed by atoms with Gasteiger partial charge in [-0.2, -0.15) is 0 Å². The molecule has 0 unspecified atom stereocenters. The molecule has 148 valence electrons. The number of rotatable bonds is 7. The van der Waals surface area contributed by atoms with E-state index in [1.807, 2.05) is 0 Å². The number of halogens is 2. The number of allylic oxidation sites excluding steroid dienone is 1. The molecule has 1 aromatic carbocycles. The van der Waals surface area contributed by atoms with Gasteiger partial charge in [-0.05, 0) is 51.1 Å². The number of carbonyl (C=O) groups excluding carboxylic acids is 2. The van der Waals surface area contributed by atoms with E-state index in [4.69, 9.17) is 16.3 Å². The fourth-order valence-corrected chi connectivity index (χ4v) is 3.74. The van der Waals surface area contributed by atoms with Crippen LogP contribution in [0.3, 0.4) is 0 Å². The molecule has 5 nitrogen and oxygen atoms in total. The van der Waals surface area contributed by atoms with Gasteiger partial charge >= 0.3 is 0 Å². The fourth-order valence-electron chi connectivity index (χ4n) is 2.45. The van der Waals surface area contributed by atoms with Crippen LogP contribution in [-0.2, 0) is 14.3 Å². The molecule has 0 aliphatic carbocycles. The number of nitrogens with zero attached hydrogens (tertiary/aromatic N) is 1. The van der Waals surface area contributed by atoms with Crippen LogP contribution >= 0.6 is 23.4 Å². The predicted molar refractivity (Wildman–Crippen MR) is 107 cm³/mol. The molecule has 0 aromatic heterocycles. The van der Waals surface area contributed by atoms with Gasteiger partial charge in [0.2, 0.25) is 5.91 Å². The first-order valence-electron chi connectivity index (χ1n) is 8.73. The van der Waals surface area contributed by atoms with Crippen LogP contribution in [0, 0.1) is 5.82 Å². The highest BCUT2D eigenvalue weighted by molar-refractivity contribution is 8.04. The second-order valence-electron chi connectivity index (χ2n) is 6.73. The van der Waals surface area contributed by atoms with Crippen LogP contribution < -0.4 is 5.32 Å². The van der Waals surface area contributed by atoms with Crippen molar-refractivity contribution in [3.63, 3.8) is 0 Å². The average molecular weight is 415 g/mol. The van der Waals surface area contributed by atoms with Crippen LogP contribution in [0.2, 0.25) is 5.02 Å². The summed E-state index contributed by atoms with van der Waals surface area (Å²) >= 11 is 7.46. The first-order chi connectivity index (χ1) is 12.7. The third-order valence-electron chi connectivity index (χ3n) is 4.32. The molecule has 0 radical (unpaired) electrons. The summed E-state index contributed by atoms with van der Waals surface area (Å²) in [6.07, 6.45) is 2.01. The van der Waals surface area contributed by atoms with Gasteiger partial charge in [0, 0.05) is 0 Å². The molecule has 1 heterocycles. The highest BCUT2D eigenvalue weighted by atomic mass is 35.5. The molecule has 1 N–H and O–H groups in total. The van der Waals surface area contributed by atoms with Crippen molar-refractivity contribution in [1.29, 1.82) is 0 Å². The second-order valence-corrected chi connectivity index (χ2v) is 8.24. The van der Waals surface area contributed by atoms with E-state index in [1.165, 1.54) is 28.8 Å². The van der Waals surface area contributed by atoms with Gasteiger partial charge in [-0.3, -0.25) is 14.5 Å². The lowest BCUT2D eigenvalue weighted by Crippen LogP contribution is -2.57. The van der Waals surface area contributed by atoms with Gasteiger partial charge in [0.1, 0.15) is 22.0 Å². The van der Waals surface area contributed by atoms with Crippen molar-refractivity contribution in [3.8, 4) is 0 Å². The van der Waals surface area contributed by atoms with Gasteiger partial charge in [-0.15, -0.1) is 11.8 Å². The third-order valence-corrected chi connectivity index (χ3v) is 5.89. The van der Waals surface area contributed by atoms with Crippen LogP contribution in [0.4, 0.5) is 10.1 Å². The lowest BCUT2D eigenvalue weighted by atomic mass is 10.0. The van der Waals surface area contributed by atoms with E-state index >= 15 is 0 Å². The number of hydrogen-bond acceptors (Lipinski definition) is 4. The van der Waals surface area contributed by atoms with Crippen molar-refractivity contribution in [2.24, 2.45) is 0 Å². The standard InChI is InChI=1S/C19H24ClFN2O3S/c1-5-6-9-27-16-12(2)26-11-23(17(16)24)19(3,4)18(25)22-15-10-13(21)7-8-14(15)20/h7-8,10H,5-6,9,11H2,1-4H3,(H,22,25). The van der Waals surface area contributed by atoms with Gasteiger partial charge in [0.15, 0.2) is 6.73 Å². The second kappa shape index (κ2) is 8.97. The monoisotopic (exact) mass is 414 g/mol. The molecule has 0 spiro atoms. The molecule has 8 heteroatoms. The van der Waals surface area contributed by atoms with Gasteiger partial charge in [-0.25, -0.2) is 4.39 Å². The minimum absolute atomic E-state index is 0.0280. The summed E-state index contributed by atoms with van der Waals surface area (Å²) in [5.41, 5.74) is -1.06. The lowest BCUT2D eigenvalue weighted by molar-refractivity contribution is -0.148. The number of anilines is 1. The van der Waals surface area contributed by atoms with Crippen LogP contribution in [0.25, 0.3) is 0 Å². The molecular weight excluding hydrogens is 391 g/mol. The third kappa shape index (κ3) is 4.96. The van der Waals surface area contributed by atoms with Crippen molar-refractivity contribution in [1.82, 2.24) is 4.90 Å². The lowest BCUT2D eigenvalue weighted by Gasteiger charge is -2.40. The normalized spacial score (nSPS) is 15.0. The van der Waals surface area contributed by atoms with Crippen molar-refractivity contribution in [2.45, 2.75) is 46.1 Å². The Morgan fingerprint density at radius 1 is 1.44 bits per heavy atom. The van der Waals surface area contributed by atoms with E-state index in [0.29, 0.717) is 10.7 Å². The van der Waals surface area contributed by atoms with Crippen molar-refractivity contribution >= 4 is 40.9 Å². The SMILES string of the molecule is CCCCSC1=C(C)OCN(C(C)(C)C(=O)Nc2cc(F)ccc2Cl)C1=O. The Morgan fingerprint density at radius 3 is 2.81 bits per heavy atom. The van der Waals surface area contributed by atoms with E-state index < -0.39 is 17.3 Å². The number of benzene rings is 1. The summed E-state index contributed by atoms with van der Waals surface area (Å²) in [5.74, 6) is 0.131. The van der Waals surface area contributed by atoms with Gasteiger partial charge in [0.05, 0.1) is 10.7 Å². The van der Waals surface area contributed by atoms with E-state index in [0.717, 1.165) is 24.7 Å². The molecule has 0 fully saturated rings. The summed E-state index contributed by atoms with van der Waals surface area (Å²) in [6.45, 7) is 7.04. The molecule has 0 atom stereocenters. The maximum Gasteiger partial charge on any atom is 0.267 e. The zero-order chi connectivity index (χ0) is 20.2. The Bertz CT molecular complexity index is 767. The maximum atomic E-state index is 13.4. The maximum absolute atomic E-state index is 13.4. The summed E-state index contributed by atoms with van der Waals surface area (Å²) in [4.78, 5) is 27.7. The van der Waals surface area contributed by atoms with E-state index in [1.54, 1.807) is 20.8 Å². The Kier molecular flexibility index (Phi) is 7.17. The van der Waals surface area contributed by atoms with E-state index in [2.05, 4.69) is 12.2 Å². The highest BCUT2D eigenvalue weighted by Crippen LogP contribution is 2.32. The number of ether oxygens (including phenoxy) is 1. The topological polar surface area (TPSA) is 58.6 Å². The number of thioether (sulfide) groups is 1. The molecule has 2 rings (SSSR count). The van der Waals surface area contributed by atoms with Crippen molar-refractivity contribution in [2.75, 3.05) is 17.8 Å². The zero-order valence-electron chi connectivity index (χ0n) is 15.9. The van der Waals surface area contributed by atoms with Gasteiger partial charge < -0.3 is 10.1 Å². The van der Waals surface area contributed by atoms with E-state index in [-0.39, 0.29) is 23.3 Å². The molecule has 0 saturated heterocycles. The first-order valence-corrected chi connectivity index (χ1v) is 10.1. The Labute approximate surface area is 168 Å². The van der Waals surface area contributed by atoms with Crippen molar-refractivity contribution in [3.05, 3.63) is 39.7 Å².